The van der Waals surface area contributed by atoms with E-state index in [-0.39, 0.29) is 0 Å². The van der Waals surface area contributed by atoms with Gasteiger partial charge in [0.2, 0.25) is 0 Å². The zero-order valence-corrected chi connectivity index (χ0v) is 9.84. The van der Waals surface area contributed by atoms with Gasteiger partial charge in [-0.15, -0.1) is 0 Å². The van der Waals surface area contributed by atoms with Crippen LogP contribution in [0.15, 0.2) is 0 Å². The fourth-order valence-electron chi connectivity index (χ4n) is 3.41. The summed E-state index contributed by atoms with van der Waals surface area (Å²) in [5.74, 6) is 2.18. The molecule has 0 aromatic carbocycles. The van der Waals surface area contributed by atoms with Gasteiger partial charge in [0.05, 0.1) is 0 Å². The first-order valence-electron chi connectivity index (χ1n) is 6.88. The van der Waals surface area contributed by atoms with Crippen molar-refractivity contribution in [2.24, 2.45) is 11.8 Å². The summed E-state index contributed by atoms with van der Waals surface area (Å²) in [7, 11) is 0. The monoisotopic (exact) mass is 208 g/mol. The number of hydrogen-bond acceptors (Lipinski definition) is 1. The molecule has 0 bridgehead atoms. The molecule has 0 radical (unpaired) electrons. The molecule has 0 amide bonds. The Morgan fingerprint density at radius 3 is 2.07 bits per heavy atom. The van der Waals surface area contributed by atoms with E-state index in [1.54, 1.807) is 0 Å². The Balaban J connectivity index is 1.91. The molecule has 0 saturated heterocycles. The Morgan fingerprint density at radius 2 is 1.33 bits per heavy atom. The molecule has 1 heteroatoms. The maximum Gasteiger partial charge on any atom is 0.133 e. The summed E-state index contributed by atoms with van der Waals surface area (Å²) < 4.78 is 0. The zero-order valence-electron chi connectivity index (χ0n) is 9.84. The molecule has 2 aliphatic rings. The van der Waals surface area contributed by atoms with Crippen molar-refractivity contribution < 1.29 is 4.79 Å². The van der Waals surface area contributed by atoms with Gasteiger partial charge in [-0.25, -0.2) is 0 Å². The van der Waals surface area contributed by atoms with Crippen LogP contribution >= 0.6 is 0 Å². The third-order valence-electron chi connectivity index (χ3n) is 4.34. The summed E-state index contributed by atoms with van der Waals surface area (Å²) in [6.07, 6.45) is 14.0. The second kappa shape index (κ2) is 5.67. The predicted octanol–water partition coefficient (Wildman–Crippen LogP) is 4.11. The molecule has 1 atom stereocenters. The van der Waals surface area contributed by atoms with E-state index in [9.17, 15) is 4.79 Å². The molecular weight excluding hydrogens is 184 g/mol. The molecule has 0 heterocycles. The van der Waals surface area contributed by atoms with Crippen LogP contribution in [-0.4, -0.2) is 5.78 Å². The van der Waals surface area contributed by atoms with Crippen LogP contribution in [0, 0.1) is 11.8 Å². The molecule has 1 unspecified atom stereocenters. The van der Waals surface area contributed by atoms with Crippen LogP contribution in [0.1, 0.15) is 70.6 Å². The van der Waals surface area contributed by atoms with Crippen molar-refractivity contribution in [1.29, 1.82) is 0 Å². The summed E-state index contributed by atoms with van der Waals surface area (Å²) in [4.78, 5) is 11.6. The minimum absolute atomic E-state index is 0.543. The van der Waals surface area contributed by atoms with Gasteiger partial charge in [-0.3, -0.25) is 4.79 Å². The van der Waals surface area contributed by atoms with E-state index in [0.717, 1.165) is 31.1 Å². The van der Waals surface area contributed by atoms with Gasteiger partial charge < -0.3 is 0 Å². The Bertz CT molecular complexity index is 201. The number of hydrogen-bond donors (Lipinski definition) is 0. The van der Waals surface area contributed by atoms with Crippen molar-refractivity contribution in [3.63, 3.8) is 0 Å². The van der Waals surface area contributed by atoms with Gasteiger partial charge in [0.25, 0.3) is 0 Å². The molecule has 0 N–H and O–H groups in total. The Hall–Kier alpha value is -0.330. The van der Waals surface area contributed by atoms with Crippen LogP contribution in [0.2, 0.25) is 0 Å². The molecule has 0 aliphatic heterocycles. The zero-order chi connectivity index (χ0) is 10.5. The molecule has 1 nitrogen and oxygen atoms in total. The lowest BCUT2D eigenvalue weighted by atomic mass is 9.81. The molecule has 2 fully saturated rings. The molecule has 0 aromatic rings. The Morgan fingerprint density at radius 1 is 0.733 bits per heavy atom. The number of ketones is 1. The molecule has 15 heavy (non-hydrogen) atoms. The SMILES string of the molecule is O=C1CCCCC(C2CCCCCC2)C1. The van der Waals surface area contributed by atoms with E-state index in [0.29, 0.717) is 5.78 Å². The van der Waals surface area contributed by atoms with Gasteiger partial charge in [-0.05, 0) is 24.7 Å². The second-order valence-corrected chi connectivity index (χ2v) is 5.50. The lowest BCUT2D eigenvalue weighted by Gasteiger charge is -2.24. The minimum atomic E-state index is 0.543. The van der Waals surface area contributed by atoms with Crippen molar-refractivity contribution in [1.82, 2.24) is 0 Å². The third kappa shape index (κ3) is 3.32. The maximum atomic E-state index is 11.6. The van der Waals surface area contributed by atoms with Crippen molar-refractivity contribution >= 4 is 5.78 Å². The summed E-state index contributed by atoms with van der Waals surface area (Å²) in [6, 6.07) is 0. The van der Waals surface area contributed by atoms with E-state index in [1.165, 1.54) is 51.4 Å². The van der Waals surface area contributed by atoms with E-state index in [2.05, 4.69) is 0 Å². The normalized spacial score (nSPS) is 30.9. The van der Waals surface area contributed by atoms with Gasteiger partial charge in [-0.2, -0.15) is 0 Å². The fraction of sp³-hybridized carbons (Fsp3) is 0.929. The van der Waals surface area contributed by atoms with Crippen LogP contribution < -0.4 is 0 Å². The standard InChI is InChI=1S/C14H24O/c15-14-10-6-5-9-13(11-14)12-7-3-1-2-4-8-12/h12-13H,1-11H2. The number of carbonyl (C=O) groups excluding carboxylic acids is 1. The molecule has 0 aromatic heterocycles. The molecule has 2 rings (SSSR count). The summed E-state index contributed by atoms with van der Waals surface area (Å²) in [6.45, 7) is 0. The van der Waals surface area contributed by atoms with Crippen LogP contribution in [0.4, 0.5) is 0 Å². The fourth-order valence-corrected chi connectivity index (χ4v) is 3.41. The summed E-state index contributed by atoms with van der Waals surface area (Å²) in [5.41, 5.74) is 0. The van der Waals surface area contributed by atoms with Crippen LogP contribution in [-0.2, 0) is 4.79 Å². The first-order valence-corrected chi connectivity index (χ1v) is 6.88. The highest BCUT2D eigenvalue weighted by Crippen LogP contribution is 2.35. The quantitative estimate of drug-likeness (QED) is 0.593. The first-order chi connectivity index (χ1) is 7.36. The van der Waals surface area contributed by atoms with Crippen molar-refractivity contribution in [2.45, 2.75) is 70.6 Å². The highest BCUT2D eigenvalue weighted by atomic mass is 16.1. The first kappa shape index (κ1) is 11.2. The number of carbonyl (C=O) groups is 1. The minimum Gasteiger partial charge on any atom is -0.300 e. The van der Waals surface area contributed by atoms with Gasteiger partial charge in [0.15, 0.2) is 0 Å². The van der Waals surface area contributed by atoms with Crippen molar-refractivity contribution in [3.05, 3.63) is 0 Å². The van der Waals surface area contributed by atoms with Crippen LogP contribution in [0.5, 0.6) is 0 Å². The molecule has 2 aliphatic carbocycles. The molecule has 2 saturated carbocycles. The highest BCUT2D eigenvalue weighted by Gasteiger charge is 2.26. The molecular formula is C14H24O. The summed E-state index contributed by atoms with van der Waals surface area (Å²) >= 11 is 0. The van der Waals surface area contributed by atoms with E-state index >= 15 is 0 Å². The topological polar surface area (TPSA) is 17.1 Å². The van der Waals surface area contributed by atoms with E-state index in [4.69, 9.17) is 0 Å². The number of rotatable bonds is 1. The lowest BCUT2D eigenvalue weighted by Crippen LogP contribution is -2.16. The highest BCUT2D eigenvalue weighted by molar-refractivity contribution is 5.78. The Kier molecular flexibility index (Phi) is 4.22. The van der Waals surface area contributed by atoms with Crippen molar-refractivity contribution in [2.75, 3.05) is 0 Å². The van der Waals surface area contributed by atoms with Crippen LogP contribution in [0.3, 0.4) is 0 Å². The second-order valence-electron chi connectivity index (χ2n) is 5.50. The largest absolute Gasteiger partial charge is 0.300 e. The van der Waals surface area contributed by atoms with E-state index in [1.807, 2.05) is 0 Å². The van der Waals surface area contributed by atoms with Gasteiger partial charge in [0.1, 0.15) is 5.78 Å². The van der Waals surface area contributed by atoms with Gasteiger partial charge >= 0.3 is 0 Å². The lowest BCUT2D eigenvalue weighted by molar-refractivity contribution is -0.120. The van der Waals surface area contributed by atoms with E-state index < -0.39 is 0 Å². The molecule has 86 valence electrons. The predicted molar refractivity (Wildman–Crippen MR) is 62.8 cm³/mol. The average molecular weight is 208 g/mol. The van der Waals surface area contributed by atoms with Crippen LogP contribution in [0.25, 0.3) is 0 Å². The smallest absolute Gasteiger partial charge is 0.133 e. The van der Waals surface area contributed by atoms with Gasteiger partial charge in [0, 0.05) is 12.8 Å². The number of Topliss-reactive ketones (excluding diaryl/α,β-unsaturated/α-hetero) is 1. The third-order valence-corrected chi connectivity index (χ3v) is 4.34. The maximum absolute atomic E-state index is 11.6. The van der Waals surface area contributed by atoms with Crippen molar-refractivity contribution in [3.8, 4) is 0 Å². The Labute approximate surface area is 93.6 Å². The van der Waals surface area contributed by atoms with Gasteiger partial charge in [-0.1, -0.05) is 44.9 Å². The summed E-state index contributed by atoms with van der Waals surface area (Å²) in [5, 5.41) is 0. The molecule has 0 spiro atoms. The average Bonchev–Trinajstić information content (AvgIpc) is 2.59.